The zero-order valence-electron chi connectivity index (χ0n) is 15.0. The molecule has 8 heteroatoms. The highest BCUT2D eigenvalue weighted by Gasteiger charge is 2.24. The highest BCUT2D eigenvalue weighted by molar-refractivity contribution is 6.31. The van der Waals surface area contributed by atoms with Crippen molar-refractivity contribution in [3.05, 3.63) is 63.0 Å². The standard InChI is InChI=1S/C19H22ClN3O4/c1-13-10-21-7-9-23(13)19(26)27-12-15-6-8-22(18(25)17(15)24)11-14-4-2-3-5-16(14)20/h2-6,8,13,21,24H,7,9-12H2,1H3. The fourth-order valence-corrected chi connectivity index (χ4v) is 3.18. The smallest absolute Gasteiger partial charge is 0.410 e. The van der Waals surface area contributed by atoms with E-state index in [0.29, 0.717) is 24.7 Å². The van der Waals surface area contributed by atoms with Gasteiger partial charge in [-0.25, -0.2) is 4.79 Å². The lowest BCUT2D eigenvalue weighted by Crippen LogP contribution is -2.52. The summed E-state index contributed by atoms with van der Waals surface area (Å²) in [6, 6.07) is 8.80. The maximum Gasteiger partial charge on any atom is 0.410 e. The Bertz CT molecular complexity index is 883. The molecule has 1 atom stereocenters. The van der Waals surface area contributed by atoms with Crippen molar-refractivity contribution in [1.29, 1.82) is 0 Å². The molecule has 27 heavy (non-hydrogen) atoms. The third kappa shape index (κ3) is 4.43. The van der Waals surface area contributed by atoms with Gasteiger partial charge in [-0.3, -0.25) is 4.79 Å². The van der Waals surface area contributed by atoms with Gasteiger partial charge in [-0.1, -0.05) is 29.8 Å². The van der Waals surface area contributed by atoms with Gasteiger partial charge in [0, 0.05) is 42.5 Å². The van der Waals surface area contributed by atoms with Gasteiger partial charge < -0.3 is 24.6 Å². The molecule has 1 aromatic carbocycles. The largest absolute Gasteiger partial charge is 0.503 e. The van der Waals surface area contributed by atoms with Gasteiger partial charge >= 0.3 is 6.09 Å². The molecule has 1 amide bonds. The van der Waals surface area contributed by atoms with Crippen LogP contribution in [0.25, 0.3) is 0 Å². The molecule has 2 N–H and O–H groups in total. The van der Waals surface area contributed by atoms with Gasteiger partial charge in [0.25, 0.3) is 5.56 Å². The molecule has 144 valence electrons. The highest BCUT2D eigenvalue weighted by atomic mass is 35.5. The van der Waals surface area contributed by atoms with Crippen molar-refractivity contribution in [3.8, 4) is 5.75 Å². The maximum absolute atomic E-state index is 12.4. The Morgan fingerprint density at radius 1 is 1.33 bits per heavy atom. The molecule has 1 aromatic heterocycles. The quantitative estimate of drug-likeness (QED) is 0.834. The zero-order chi connectivity index (χ0) is 19.4. The topological polar surface area (TPSA) is 83.8 Å². The van der Waals surface area contributed by atoms with Crippen molar-refractivity contribution >= 4 is 17.7 Å². The summed E-state index contributed by atoms with van der Waals surface area (Å²) >= 11 is 6.12. The third-order valence-electron chi connectivity index (χ3n) is 4.61. The van der Waals surface area contributed by atoms with Crippen molar-refractivity contribution in [3.63, 3.8) is 0 Å². The van der Waals surface area contributed by atoms with E-state index >= 15 is 0 Å². The Balaban J connectivity index is 1.69. The lowest BCUT2D eigenvalue weighted by atomic mass is 10.2. The third-order valence-corrected chi connectivity index (χ3v) is 4.98. The lowest BCUT2D eigenvalue weighted by Gasteiger charge is -2.32. The average molecular weight is 392 g/mol. The molecule has 2 heterocycles. The number of nitrogens with one attached hydrogen (secondary N) is 1. The van der Waals surface area contributed by atoms with Gasteiger partial charge in [0.05, 0.1) is 6.54 Å². The van der Waals surface area contributed by atoms with Gasteiger partial charge in [0.2, 0.25) is 0 Å². The van der Waals surface area contributed by atoms with Crippen molar-refractivity contribution in [2.45, 2.75) is 26.1 Å². The second-order valence-electron chi connectivity index (χ2n) is 6.52. The second-order valence-corrected chi connectivity index (χ2v) is 6.92. The van der Waals surface area contributed by atoms with E-state index in [2.05, 4.69) is 5.32 Å². The van der Waals surface area contributed by atoms with E-state index in [1.165, 1.54) is 4.57 Å². The number of benzene rings is 1. The van der Waals surface area contributed by atoms with E-state index in [1.807, 2.05) is 25.1 Å². The number of rotatable bonds is 4. The van der Waals surface area contributed by atoms with Gasteiger partial charge in [0.15, 0.2) is 5.75 Å². The fraction of sp³-hybridized carbons (Fsp3) is 0.368. The molecule has 1 aliphatic heterocycles. The second kappa shape index (κ2) is 8.45. The number of amides is 1. The number of aromatic nitrogens is 1. The minimum absolute atomic E-state index is 0.0310. The van der Waals surface area contributed by atoms with E-state index in [0.717, 1.165) is 5.56 Å². The number of hydrogen-bond acceptors (Lipinski definition) is 5. The number of hydrogen-bond donors (Lipinski definition) is 2. The van der Waals surface area contributed by atoms with Crippen LogP contribution >= 0.6 is 11.6 Å². The summed E-state index contributed by atoms with van der Waals surface area (Å²) in [7, 11) is 0. The van der Waals surface area contributed by atoms with Gasteiger partial charge in [-0.15, -0.1) is 0 Å². The first-order valence-electron chi connectivity index (χ1n) is 8.76. The van der Waals surface area contributed by atoms with E-state index in [-0.39, 0.29) is 24.8 Å². The van der Waals surface area contributed by atoms with E-state index in [1.54, 1.807) is 23.2 Å². The van der Waals surface area contributed by atoms with Gasteiger partial charge in [-0.2, -0.15) is 0 Å². The molecule has 0 spiro atoms. The molecular weight excluding hydrogens is 370 g/mol. The first kappa shape index (κ1) is 19.3. The van der Waals surface area contributed by atoms with E-state index < -0.39 is 17.4 Å². The van der Waals surface area contributed by atoms with Crippen LogP contribution in [0.2, 0.25) is 5.02 Å². The fourth-order valence-electron chi connectivity index (χ4n) is 2.99. The number of pyridine rings is 1. The van der Waals surface area contributed by atoms with Crippen molar-refractivity contribution in [1.82, 2.24) is 14.8 Å². The molecule has 0 aliphatic carbocycles. The summed E-state index contributed by atoms with van der Waals surface area (Å²) in [4.78, 5) is 26.3. The minimum atomic E-state index is -0.556. The van der Waals surface area contributed by atoms with Crippen molar-refractivity contribution in [2.24, 2.45) is 0 Å². The van der Waals surface area contributed by atoms with Crippen molar-refractivity contribution < 1.29 is 14.6 Å². The maximum atomic E-state index is 12.4. The molecule has 7 nitrogen and oxygen atoms in total. The predicted octanol–water partition coefficient (Wildman–Crippen LogP) is 2.19. The van der Waals surface area contributed by atoms with Crippen LogP contribution in [0, 0.1) is 0 Å². The first-order chi connectivity index (χ1) is 13.0. The number of ether oxygens (including phenoxy) is 1. The van der Waals surface area contributed by atoms with Crippen LogP contribution in [0.4, 0.5) is 4.79 Å². The summed E-state index contributed by atoms with van der Waals surface area (Å²) in [5.74, 6) is -0.425. The molecule has 1 saturated heterocycles. The number of piperazine rings is 1. The van der Waals surface area contributed by atoms with Crippen LogP contribution in [0.15, 0.2) is 41.3 Å². The Labute approximate surface area is 162 Å². The number of carbonyl (C=O) groups excluding carboxylic acids is 1. The minimum Gasteiger partial charge on any atom is -0.503 e. The summed E-state index contributed by atoms with van der Waals surface area (Å²) in [5, 5.41) is 14.0. The molecule has 1 unspecified atom stereocenters. The summed E-state index contributed by atoms with van der Waals surface area (Å²) < 4.78 is 6.64. The number of carbonyl (C=O) groups is 1. The monoisotopic (exact) mass is 391 g/mol. The van der Waals surface area contributed by atoms with Crippen LogP contribution in [-0.4, -0.2) is 46.3 Å². The zero-order valence-corrected chi connectivity index (χ0v) is 15.8. The van der Waals surface area contributed by atoms with Crippen LogP contribution in [0.3, 0.4) is 0 Å². The Kier molecular flexibility index (Phi) is 6.03. The predicted molar refractivity (Wildman–Crippen MR) is 102 cm³/mol. The van der Waals surface area contributed by atoms with Crippen LogP contribution in [0.1, 0.15) is 18.1 Å². The van der Waals surface area contributed by atoms with Gasteiger partial charge in [-0.05, 0) is 24.6 Å². The van der Waals surface area contributed by atoms with Gasteiger partial charge in [0.1, 0.15) is 6.61 Å². The molecule has 1 fully saturated rings. The lowest BCUT2D eigenvalue weighted by molar-refractivity contribution is 0.0754. The molecule has 3 rings (SSSR count). The van der Waals surface area contributed by atoms with E-state index in [4.69, 9.17) is 16.3 Å². The summed E-state index contributed by atoms with van der Waals surface area (Å²) in [6.07, 6.45) is 1.10. The van der Waals surface area contributed by atoms with Crippen LogP contribution < -0.4 is 10.9 Å². The van der Waals surface area contributed by atoms with Crippen LogP contribution in [-0.2, 0) is 17.9 Å². The van der Waals surface area contributed by atoms with Crippen LogP contribution in [0.5, 0.6) is 5.75 Å². The molecule has 0 radical (unpaired) electrons. The van der Waals surface area contributed by atoms with Crippen molar-refractivity contribution in [2.75, 3.05) is 19.6 Å². The average Bonchev–Trinajstić information content (AvgIpc) is 2.66. The Morgan fingerprint density at radius 2 is 2.11 bits per heavy atom. The Hall–Kier alpha value is -2.51. The number of halogens is 1. The summed E-state index contributed by atoms with van der Waals surface area (Å²) in [5.41, 5.74) is 0.484. The number of aromatic hydroxyl groups is 1. The first-order valence-corrected chi connectivity index (χ1v) is 9.14. The Morgan fingerprint density at radius 3 is 2.85 bits per heavy atom. The molecule has 0 bridgehead atoms. The molecule has 0 saturated carbocycles. The highest BCUT2D eigenvalue weighted by Crippen LogP contribution is 2.18. The molecular formula is C19H22ClN3O4. The molecule has 1 aliphatic rings. The molecule has 2 aromatic rings. The number of nitrogens with zero attached hydrogens (tertiary/aromatic N) is 2. The SMILES string of the molecule is CC1CNCCN1C(=O)OCc1ccn(Cc2ccccc2Cl)c(=O)c1O. The summed E-state index contributed by atoms with van der Waals surface area (Å²) in [6.45, 7) is 3.99. The normalized spacial score (nSPS) is 17.0. The van der Waals surface area contributed by atoms with E-state index in [9.17, 15) is 14.7 Å².